The molecule has 0 bridgehead atoms. The number of hydrogen-bond acceptors (Lipinski definition) is 5. The van der Waals surface area contributed by atoms with E-state index in [1.54, 1.807) is 19.5 Å². The standard InChI is InChI=1S/C24H32N2O4/c1-15-12-21(30-14-18-6-5-9-25-13-18)17(3)22-19(15)7-8-20(23(22)27)16(2)24(28)26-10-11-29-4/h5-6,9,12-13,16,20,23,27H,7-8,10-11,14H2,1-4H3,(H,26,28). The zero-order valence-electron chi connectivity index (χ0n) is 18.3. The van der Waals surface area contributed by atoms with E-state index in [0.717, 1.165) is 40.8 Å². The number of methoxy groups -OCH3 is 1. The number of benzene rings is 1. The third-order valence-corrected chi connectivity index (χ3v) is 6.13. The lowest BCUT2D eigenvalue weighted by molar-refractivity contribution is -0.128. The Morgan fingerprint density at radius 3 is 2.90 bits per heavy atom. The van der Waals surface area contributed by atoms with Gasteiger partial charge in [-0.15, -0.1) is 0 Å². The summed E-state index contributed by atoms with van der Waals surface area (Å²) in [5.74, 6) is 0.307. The molecule has 1 amide bonds. The van der Waals surface area contributed by atoms with Crippen molar-refractivity contribution in [3.05, 3.63) is 58.4 Å². The van der Waals surface area contributed by atoms with Gasteiger partial charge in [-0.25, -0.2) is 0 Å². The highest BCUT2D eigenvalue weighted by Crippen LogP contribution is 2.44. The summed E-state index contributed by atoms with van der Waals surface area (Å²) >= 11 is 0. The van der Waals surface area contributed by atoms with E-state index < -0.39 is 6.10 Å². The summed E-state index contributed by atoms with van der Waals surface area (Å²) in [5.41, 5.74) is 5.16. The molecule has 0 fully saturated rings. The third-order valence-electron chi connectivity index (χ3n) is 6.13. The first-order valence-corrected chi connectivity index (χ1v) is 10.5. The quantitative estimate of drug-likeness (QED) is 0.651. The van der Waals surface area contributed by atoms with Crippen LogP contribution in [0.2, 0.25) is 0 Å². The summed E-state index contributed by atoms with van der Waals surface area (Å²) in [4.78, 5) is 16.7. The monoisotopic (exact) mass is 412 g/mol. The van der Waals surface area contributed by atoms with Crippen LogP contribution in [0.25, 0.3) is 0 Å². The number of aliphatic hydroxyl groups is 1. The largest absolute Gasteiger partial charge is 0.489 e. The molecular weight excluding hydrogens is 380 g/mol. The van der Waals surface area contributed by atoms with Gasteiger partial charge in [0.15, 0.2) is 0 Å². The molecular formula is C24H32N2O4. The van der Waals surface area contributed by atoms with Crippen molar-refractivity contribution in [3.8, 4) is 5.75 Å². The second kappa shape index (κ2) is 10.0. The van der Waals surface area contributed by atoms with Crippen LogP contribution in [0.15, 0.2) is 30.6 Å². The van der Waals surface area contributed by atoms with Crippen molar-refractivity contribution in [3.63, 3.8) is 0 Å². The topological polar surface area (TPSA) is 80.7 Å². The van der Waals surface area contributed by atoms with Gasteiger partial charge < -0.3 is 19.9 Å². The van der Waals surface area contributed by atoms with Crippen LogP contribution >= 0.6 is 0 Å². The number of amides is 1. The van der Waals surface area contributed by atoms with Crippen LogP contribution < -0.4 is 10.1 Å². The van der Waals surface area contributed by atoms with Gasteiger partial charge in [-0.3, -0.25) is 9.78 Å². The zero-order chi connectivity index (χ0) is 21.7. The Labute approximate surface area is 178 Å². The van der Waals surface area contributed by atoms with Gasteiger partial charge >= 0.3 is 0 Å². The summed E-state index contributed by atoms with van der Waals surface area (Å²) in [7, 11) is 1.61. The molecule has 6 nitrogen and oxygen atoms in total. The van der Waals surface area contributed by atoms with Gasteiger partial charge in [0.2, 0.25) is 5.91 Å². The number of nitrogens with one attached hydrogen (secondary N) is 1. The Morgan fingerprint density at radius 1 is 1.40 bits per heavy atom. The number of hydrogen-bond donors (Lipinski definition) is 2. The van der Waals surface area contributed by atoms with Gasteiger partial charge in [0.25, 0.3) is 0 Å². The first kappa shape index (κ1) is 22.2. The molecule has 0 aliphatic heterocycles. The second-order valence-corrected chi connectivity index (χ2v) is 8.08. The predicted octanol–water partition coefficient (Wildman–Crippen LogP) is 3.27. The van der Waals surface area contributed by atoms with Crippen LogP contribution in [0.4, 0.5) is 0 Å². The van der Waals surface area contributed by atoms with E-state index in [-0.39, 0.29) is 17.7 Å². The van der Waals surface area contributed by atoms with E-state index in [9.17, 15) is 9.90 Å². The number of carbonyl (C=O) groups excluding carboxylic acids is 1. The van der Waals surface area contributed by atoms with Crippen LogP contribution in [0, 0.1) is 25.7 Å². The van der Waals surface area contributed by atoms with E-state index >= 15 is 0 Å². The van der Waals surface area contributed by atoms with Crippen LogP contribution in [0.1, 0.15) is 47.3 Å². The Kier molecular flexibility index (Phi) is 7.45. The van der Waals surface area contributed by atoms with Gasteiger partial charge in [-0.05, 0) is 61.1 Å². The number of ether oxygens (including phenoxy) is 2. The molecule has 3 unspecified atom stereocenters. The van der Waals surface area contributed by atoms with Gasteiger partial charge in [0, 0.05) is 43.4 Å². The number of fused-ring (bicyclic) bond motifs is 1. The van der Waals surface area contributed by atoms with Gasteiger partial charge in [0.05, 0.1) is 12.7 Å². The fourth-order valence-corrected chi connectivity index (χ4v) is 4.33. The Morgan fingerprint density at radius 2 is 2.20 bits per heavy atom. The first-order valence-electron chi connectivity index (χ1n) is 10.5. The minimum Gasteiger partial charge on any atom is -0.489 e. The van der Waals surface area contributed by atoms with Crippen molar-refractivity contribution < 1.29 is 19.4 Å². The highest BCUT2D eigenvalue weighted by molar-refractivity contribution is 5.78. The number of aryl methyl sites for hydroxylation is 1. The van der Waals surface area contributed by atoms with E-state index in [1.807, 2.05) is 26.0 Å². The second-order valence-electron chi connectivity index (χ2n) is 8.08. The molecule has 1 aromatic carbocycles. The molecule has 6 heteroatoms. The highest BCUT2D eigenvalue weighted by Gasteiger charge is 2.37. The molecule has 1 aromatic heterocycles. The smallest absolute Gasteiger partial charge is 0.223 e. The maximum Gasteiger partial charge on any atom is 0.223 e. The van der Waals surface area contributed by atoms with Crippen LogP contribution in [0.5, 0.6) is 5.75 Å². The maximum atomic E-state index is 12.5. The summed E-state index contributed by atoms with van der Waals surface area (Å²) in [5, 5.41) is 14.2. The molecule has 1 aliphatic rings. The summed E-state index contributed by atoms with van der Waals surface area (Å²) in [6, 6.07) is 5.91. The van der Waals surface area contributed by atoms with Gasteiger partial charge in [0.1, 0.15) is 12.4 Å². The summed E-state index contributed by atoms with van der Waals surface area (Å²) in [6.45, 7) is 7.32. The minimum atomic E-state index is -0.697. The molecule has 0 saturated carbocycles. The number of aliphatic hydroxyl groups excluding tert-OH is 1. The Balaban J connectivity index is 1.80. The molecule has 2 aromatic rings. The molecule has 1 aliphatic carbocycles. The van der Waals surface area contributed by atoms with Crippen molar-refractivity contribution in [2.45, 2.75) is 46.3 Å². The lowest BCUT2D eigenvalue weighted by Crippen LogP contribution is -2.38. The first-order chi connectivity index (χ1) is 14.4. The molecule has 0 radical (unpaired) electrons. The summed E-state index contributed by atoms with van der Waals surface area (Å²) in [6.07, 6.45) is 4.46. The number of nitrogens with zero attached hydrogens (tertiary/aromatic N) is 1. The molecule has 0 spiro atoms. The van der Waals surface area contributed by atoms with Crippen LogP contribution in [-0.4, -0.2) is 36.3 Å². The van der Waals surface area contributed by atoms with Gasteiger partial charge in [-0.1, -0.05) is 13.0 Å². The average molecular weight is 413 g/mol. The van der Waals surface area contributed by atoms with Gasteiger partial charge in [-0.2, -0.15) is 0 Å². The third kappa shape index (κ3) is 4.82. The van der Waals surface area contributed by atoms with Crippen molar-refractivity contribution in [1.82, 2.24) is 10.3 Å². The molecule has 2 N–H and O–H groups in total. The van der Waals surface area contributed by atoms with E-state index in [0.29, 0.717) is 19.8 Å². The minimum absolute atomic E-state index is 0.0436. The van der Waals surface area contributed by atoms with Crippen molar-refractivity contribution in [2.24, 2.45) is 11.8 Å². The van der Waals surface area contributed by atoms with Crippen molar-refractivity contribution in [1.29, 1.82) is 0 Å². The van der Waals surface area contributed by atoms with Crippen molar-refractivity contribution in [2.75, 3.05) is 20.3 Å². The number of aromatic nitrogens is 1. The molecule has 162 valence electrons. The fourth-order valence-electron chi connectivity index (χ4n) is 4.33. The van der Waals surface area contributed by atoms with Crippen LogP contribution in [-0.2, 0) is 22.6 Å². The molecule has 3 rings (SSSR count). The van der Waals surface area contributed by atoms with E-state index in [4.69, 9.17) is 9.47 Å². The normalized spacial score (nSPS) is 19.1. The maximum absolute atomic E-state index is 12.5. The molecule has 3 atom stereocenters. The zero-order valence-corrected chi connectivity index (χ0v) is 18.3. The fraction of sp³-hybridized carbons (Fsp3) is 0.500. The molecule has 0 saturated heterocycles. The average Bonchev–Trinajstić information content (AvgIpc) is 2.75. The molecule has 1 heterocycles. The lowest BCUT2D eigenvalue weighted by atomic mass is 9.72. The predicted molar refractivity (Wildman–Crippen MR) is 115 cm³/mol. The van der Waals surface area contributed by atoms with E-state index in [1.165, 1.54) is 5.56 Å². The van der Waals surface area contributed by atoms with E-state index in [2.05, 4.69) is 23.3 Å². The number of rotatable bonds is 8. The molecule has 30 heavy (non-hydrogen) atoms. The van der Waals surface area contributed by atoms with Crippen LogP contribution in [0.3, 0.4) is 0 Å². The number of pyridine rings is 1. The highest BCUT2D eigenvalue weighted by atomic mass is 16.5. The lowest BCUT2D eigenvalue weighted by Gasteiger charge is -2.36. The Bertz CT molecular complexity index is 869. The Hall–Kier alpha value is -2.44. The van der Waals surface area contributed by atoms with Crippen molar-refractivity contribution >= 4 is 5.91 Å². The summed E-state index contributed by atoms with van der Waals surface area (Å²) < 4.78 is 11.1. The SMILES string of the molecule is COCCNC(=O)C(C)C1CCc2c(C)cc(OCc3cccnc3)c(C)c2C1O. The number of carbonyl (C=O) groups is 1.